The summed E-state index contributed by atoms with van der Waals surface area (Å²) in [5.41, 5.74) is -0.749. The molecule has 1 unspecified atom stereocenters. The van der Waals surface area contributed by atoms with Gasteiger partial charge >= 0.3 is 19.7 Å². The zero-order valence-corrected chi connectivity index (χ0v) is 20.7. The van der Waals surface area contributed by atoms with Gasteiger partial charge in [-0.2, -0.15) is 10.1 Å². The first-order chi connectivity index (χ1) is 18.0. The number of hydrazine groups is 1. The van der Waals surface area contributed by atoms with Gasteiger partial charge in [0.2, 0.25) is 5.90 Å². The number of nitrogens with one attached hydrogen (secondary N) is 2. The summed E-state index contributed by atoms with van der Waals surface area (Å²) in [6.45, 7) is 0.280. The van der Waals surface area contributed by atoms with Crippen LogP contribution in [-0.2, 0) is 23.4 Å². The summed E-state index contributed by atoms with van der Waals surface area (Å²) in [5.74, 6) is -1.80. The third kappa shape index (κ3) is 6.58. The van der Waals surface area contributed by atoms with Crippen LogP contribution < -0.4 is 15.0 Å². The zero-order chi connectivity index (χ0) is 29.3. The first-order valence-electron chi connectivity index (χ1n) is 12.4. The van der Waals surface area contributed by atoms with Gasteiger partial charge < -0.3 is 24.2 Å². The van der Waals surface area contributed by atoms with E-state index in [-0.39, 0.29) is 5.75 Å². The molecule has 2 heterocycles. The monoisotopic (exact) mass is 535 g/mol. The van der Waals surface area contributed by atoms with E-state index in [1.807, 2.05) is 0 Å². The number of hydrogen-bond donors (Lipinski definition) is 4. The van der Waals surface area contributed by atoms with Crippen molar-refractivity contribution in [1.82, 2.24) is 15.5 Å². The second kappa shape index (κ2) is 11.2. The van der Waals surface area contributed by atoms with E-state index in [1.165, 1.54) is 31.2 Å². The molecule has 1 saturated heterocycles. The van der Waals surface area contributed by atoms with Gasteiger partial charge in [0, 0.05) is 0 Å². The summed E-state index contributed by atoms with van der Waals surface area (Å²) in [6.07, 6.45) is -7.12. The number of hydrogen-bond acceptors (Lipinski definition) is 9. The van der Waals surface area contributed by atoms with Crippen LogP contribution in [0, 0.1) is 0 Å². The van der Waals surface area contributed by atoms with Crippen LogP contribution in [-0.4, -0.2) is 82.5 Å². The number of carbonyl (C=O) groups excluding carboxylic acids is 2. The Balaban J connectivity index is 1.89. The Kier molecular flexibility index (Phi) is 7.39. The number of para-hydroxylation sites is 1. The second-order valence-electron chi connectivity index (χ2n) is 8.35. The Morgan fingerprint density at radius 3 is 2.78 bits per heavy atom. The number of alkyl halides is 1. The van der Waals surface area contributed by atoms with E-state index >= 15 is 4.39 Å². The van der Waals surface area contributed by atoms with E-state index < -0.39 is 75.0 Å². The lowest BCUT2D eigenvalue weighted by Gasteiger charge is -2.34. The quantitative estimate of drug-likeness (QED) is 0.255. The molecule has 36 heavy (non-hydrogen) atoms. The van der Waals surface area contributed by atoms with Gasteiger partial charge in [-0.15, -0.1) is 0 Å². The maximum absolute atomic E-state index is 15.7. The summed E-state index contributed by atoms with van der Waals surface area (Å²) in [7, 11) is -4.84. The van der Waals surface area contributed by atoms with Gasteiger partial charge in [0.25, 0.3) is 0 Å². The van der Waals surface area contributed by atoms with E-state index in [0.29, 0.717) is 5.01 Å². The van der Waals surface area contributed by atoms with Crippen molar-refractivity contribution in [2.75, 3.05) is 13.1 Å². The van der Waals surface area contributed by atoms with Crippen molar-refractivity contribution in [3.8, 4) is 5.75 Å². The molecule has 7 atom stereocenters. The summed E-state index contributed by atoms with van der Waals surface area (Å²) in [5, 5.41) is 22.8. The van der Waals surface area contributed by atoms with Gasteiger partial charge in [0.15, 0.2) is 11.9 Å². The van der Waals surface area contributed by atoms with E-state index in [1.54, 1.807) is 19.9 Å². The average molecular weight is 535 g/mol. The SMILES string of the molecule is [2H]C1NN([C@@H]2O[C@H](C([2H])([2H])O[P@@](=O)(N[C@@H](C)C(=O)OC(C)C)Oc3ccccc3)[C@@H](O)[C@@]2(C)F)C(=O)N=C1O. The largest absolute Gasteiger partial charge is 0.495 e. The van der Waals surface area contributed by atoms with Crippen molar-refractivity contribution in [2.24, 2.45) is 4.99 Å². The maximum atomic E-state index is 15.7. The van der Waals surface area contributed by atoms with Crippen molar-refractivity contribution in [1.29, 1.82) is 0 Å². The van der Waals surface area contributed by atoms with E-state index in [2.05, 4.69) is 15.5 Å². The van der Waals surface area contributed by atoms with Crippen LogP contribution in [0.3, 0.4) is 0 Å². The van der Waals surface area contributed by atoms with Crippen molar-refractivity contribution < 1.29 is 51.4 Å². The molecule has 2 aliphatic rings. The van der Waals surface area contributed by atoms with Gasteiger partial charge in [-0.05, 0) is 39.8 Å². The molecule has 0 aromatic heterocycles. The Hall–Kier alpha value is -2.61. The number of benzene rings is 1. The summed E-state index contributed by atoms with van der Waals surface area (Å²) >= 11 is 0. The molecule has 1 aromatic carbocycles. The van der Waals surface area contributed by atoms with Crippen LogP contribution in [0.4, 0.5) is 9.18 Å². The van der Waals surface area contributed by atoms with Crippen LogP contribution in [0.1, 0.15) is 31.8 Å². The highest BCUT2D eigenvalue weighted by Gasteiger charge is 2.58. The molecule has 4 N–H and O–H groups in total. The normalized spacial score (nSPS) is 32.6. The molecule has 2 aliphatic heterocycles. The molecule has 0 spiro atoms. The molecular formula is C21H30FN4O9P. The lowest BCUT2D eigenvalue weighted by Crippen LogP contribution is -2.59. The van der Waals surface area contributed by atoms with Crippen molar-refractivity contribution >= 4 is 25.6 Å². The molecule has 15 heteroatoms. The first-order valence-corrected chi connectivity index (χ1v) is 12.4. The van der Waals surface area contributed by atoms with Gasteiger partial charge in [-0.1, -0.05) is 18.2 Å². The van der Waals surface area contributed by atoms with E-state index in [0.717, 1.165) is 6.92 Å². The smallest absolute Gasteiger partial charge is 0.459 e. The molecule has 13 nitrogen and oxygen atoms in total. The van der Waals surface area contributed by atoms with Gasteiger partial charge in [0.05, 0.1) is 23.3 Å². The Morgan fingerprint density at radius 1 is 1.47 bits per heavy atom. The first kappa shape index (κ1) is 23.8. The van der Waals surface area contributed by atoms with Crippen molar-refractivity contribution in [2.45, 2.75) is 63.9 Å². The van der Waals surface area contributed by atoms with Gasteiger partial charge in [-0.3, -0.25) is 9.32 Å². The van der Waals surface area contributed by atoms with E-state index in [4.69, 9.17) is 22.6 Å². The number of esters is 1. The fourth-order valence-corrected chi connectivity index (χ4v) is 4.53. The van der Waals surface area contributed by atoms with E-state index in [9.17, 15) is 24.4 Å². The van der Waals surface area contributed by atoms with Crippen LogP contribution in [0.5, 0.6) is 5.75 Å². The summed E-state index contributed by atoms with van der Waals surface area (Å²) < 4.78 is 74.8. The number of aliphatic imine (C=N–C) groups is 1. The minimum absolute atomic E-state index is 0.0445. The molecule has 3 rings (SSSR count). The lowest BCUT2D eigenvalue weighted by atomic mass is 9.98. The number of nitrogens with zero attached hydrogens (tertiary/aromatic N) is 2. The molecule has 0 bridgehead atoms. The fraction of sp³-hybridized carbons (Fsp3) is 0.571. The molecule has 0 saturated carbocycles. The summed E-state index contributed by atoms with van der Waals surface area (Å²) in [6, 6.07) is 4.81. The number of amides is 2. The molecule has 1 aromatic rings. The molecule has 200 valence electrons. The fourth-order valence-electron chi connectivity index (χ4n) is 3.17. The Bertz CT molecular complexity index is 1150. The number of halogens is 1. The number of urea groups is 1. The van der Waals surface area contributed by atoms with Gasteiger partial charge in [0.1, 0.15) is 24.0 Å². The molecule has 0 aliphatic carbocycles. The second-order valence-corrected chi connectivity index (χ2v) is 9.97. The topological polar surface area (TPSA) is 168 Å². The van der Waals surface area contributed by atoms with Crippen LogP contribution >= 0.6 is 7.75 Å². The highest BCUT2D eigenvalue weighted by atomic mass is 31.2. The Morgan fingerprint density at radius 2 is 2.14 bits per heavy atom. The predicted molar refractivity (Wildman–Crippen MR) is 124 cm³/mol. The van der Waals surface area contributed by atoms with Crippen molar-refractivity contribution in [3.05, 3.63) is 30.3 Å². The minimum atomic E-state index is -4.84. The number of aliphatic hydroxyl groups is 2. The molecular weight excluding hydrogens is 502 g/mol. The highest BCUT2D eigenvalue weighted by Crippen LogP contribution is 2.46. The number of ether oxygens (including phenoxy) is 2. The third-order valence-corrected chi connectivity index (χ3v) is 6.42. The molecule has 0 radical (unpaired) electrons. The van der Waals surface area contributed by atoms with Crippen LogP contribution in [0.25, 0.3) is 0 Å². The Labute approximate surface area is 211 Å². The third-order valence-electron chi connectivity index (χ3n) is 4.92. The van der Waals surface area contributed by atoms with Crippen LogP contribution in [0.15, 0.2) is 35.3 Å². The van der Waals surface area contributed by atoms with Crippen LogP contribution in [0.2, 0.25) is 0 Å². The van der Waals surface area contributed by atoms with Crippen molar-refractivity contribution in [3.63, 3.8) is 0 Å². The molecule has 2 amide bonds. The molecule has 1 fully saturated rings. The standard InChI is InChI=1S/C21H30FN4O9P/c1-12(2)33-18(29)13(3)25-36(31,35-14-8-6-5-7-9-14)32-11-15-17(28)21(4,22)19(34-15)26-20(30)24-16(27)10-23-26/h5-9,12-13,15,17,19,23,28H,10-11H2,1-4H3,(H,25,31)(H,24,27,30)/t13-,15+,17+,19+,21+,36-/m0/s1/i10D,11D2/t10?,13-,15+,17+,19+,21+,36-. The lowest BCUT2D eigenvalue weighted by molar-refractivity contribution is -0.149. The van der Waals surface area contributed by atoms with Gasteiger partial charge in [-0.25, -0.2) is 24.2 Å². The predicted octanol–water partition coefficient (Wildman–Crippen LogP) is 1.83. The number of carbonyl (C=O) groups is 2. The highest BCUT2D eigenvalue weighted by molar-refractivity contribution is 7.52. The number of aliphatic hydroxyl groups excluding tert-OH is 2. The minimum Gasteiger partial charge on any atom is -0.495 e. The zero-order valence-electron chi connectivity index (χ0n) is 22.8. The summed E-state index contributed by atoms with van der Waals surface area (Å²) in [4.78, 5) is 27.8. The number of rotatable bonds is 10. The maximum Gasteiger partial charge on any atom is 0.459 e. The average Bonchev–Trinajstić information content (AvgIpc) is 3.05.